The van der Waals surface area contributed by atoms with Gasteiger partial charge in [-0.3, -0.25) is 0 Å². The average molecular weight is 478 g/mol. The lowest BCUT2D eigenvalue weighted by Gasteiger charge is -2.34. The predicted molar refractivity (Wildman–Crippen MR) is 119 cm³/mol. The van der Waals surface area contributed by atoms with E-state index >= 15 is 0 Å². The van der Waals surface area contributed by atoms with Crippen molar-refractivity contribution in [2.75, 3.05) is 36.8 Å². The number of thioether (sulfide) groups is 1. The Labute approximate surface area is 193 Å². The number of hydrogen-bond acceptors (Lipinski definition) is 6. The largest absolute Gasteiger partial charge is 0.417 e. The van der Waals surface area contributed by atoms with E-state index < -0.39 is 17.8 Å². The number of imidazole rings is 1. The second-order valence-electron chi connectivity index (χ2n) is 7.38. The van der Waals surface area contributed by atoms with Crippen LogP contribution in [0.3, 0.4) is 0 Å². The zero-order chi connectivity index (χ0) is 23.3. The smallest absolute Gasteiger partial charge is 0.410 e. The van der Waals surface area contributed by atoms with Crippen molar-refractivity contribution in [3.63, 3.8) is 0 Å². The third-order valence-corrected chi connectivity index (χ3v) is 6.07. The Morgan fingerprint density at radius 2 is 1.82 bits per heavy atom. The van der Waals surface area contributed by atoms with Gasteiger partial charge < -0.3 is 19.5 Å². The molecule has 174 valence electrons. The third kappa shape index (κ3) is 6.19. The number of piperazine rings is 1. The molecular weight excluding hydrogens is 455 g/mol. The average Bonchev–Trinajstić information content (AvgIpc) is 3.33. The summed E-state index contributed by atoms with van der Waals surface area (Å²) >= 11 is 1.64. The van der Waals surface area contributed by atoms with Gasteiger partial charge in [-0.15, -0.1) is 0 Å². The van der Waals surface area contributed by atoms with Crippen LogP contribution in [0.5, 0.6) is 5.75 Å². The van der Waals surface area contributed by atoms with E-state index in [1.165, 1.54) is 6.07 Å². The Kier molecular flexibility index (Phi) is 7.07. The Balaban J connectivity index is 1.22. The maximum Gasteiger partial charge on any atom is 0.417 e. The number of rotatable bonds is 6. The Bertz CT molecular complexity index is 1040. The van der Waals surface area contributed by atoms with Crippen molar-refractivity contribution in [2.24, 2.45) is 0 Å². The Hall–Kier alpha value is -3.21. The number of H-pyrrole nitrogens is 1. The number of ether oxygens (including phenoxy) is 1. The van der Waals surface area contributed by atoms with Crippen LogP contribution in [0.2, 0.25) is 0 Å². The van der Waals surface area contributed by atoms with Crippen molar-refractivity contribution in [2.45, 2.75) is 17.8 Å². The van der Waals surface area contributed by atoms with Crippen molar-refractivity contribution in [3.8, 4) is 5.75 Å². The molecule has 1 aliphatic heterocycles. The van der Waals surface area contributed by atoms with Crippen LogP contribution in [0, 0.1) is 0 Å². The molecule has 33 heavy (non-hydrogen) atoms. The molecule has 0 bridgehead atoms. The van der Waals surface area contributed by atoms with E-state index in [0.717, 1.165) is 35.2 Å². The van der Waals surface area contributed by atoms with Crippen LogP contribution in [0.4, 0.5) is 23.8 Å². The number of anilines is 1. The van der Waals surface area contributed by atoms with Crippen molar-refractivity contribution >= 4 is 23.7 Å². The first kappa shape index (κ1) is 23.0. The first-order chi connectivity index (χ1) is 15.9. The molecule has 1 aliphatic rings. The number of carbonyl (C=O) groups excluding carboxylic acids is 1. The molecule has 1 N–H and O–H groups in total. The topological polar surface area (TPSA) is 74.3 Å². The standard InChI is InChI=1S/C22H22F3N5O2S/c23-22(24,25)17-3-6-19(28-15-17)29-10-12-30(13-11-29)21(31)32-18-4-1-16(2-5-18)7-14-33-20-26-8-9-27-20/h1-6,8-9,15H,7,10-14H2,(H,26,27). The molecule has 3 aromatic rings. The summed E-state index contributed by atoms with van der Waals surface area (Å²) in [4.78, 5) is 27.0. The van der Waals surface area contributed by atoms with Crippen LogP contribution in [-0.4, -0.2) is 57.9 Å². The van der Waals surface area contributed by atoms with Crippen molar-refractivity contribution in [1.82, 2.24) is 19.9 Å². The molecule has 0 atom stereocenters. The van der Waals surface area contributed by atoms with Gasteiger partial charge in [0, 0.05) is 50.5 Å². The summed E-state index contributed by atoms with van der Waals surface area (Å²) in [6.45, 7) is 1.70. The van der Waals surface area contributed by atoms with Crippen molar-refractivity contribution in [3.05, 3.63) is 66.1 Å². The van der Waals surface area contributed by atoms with Crippen LogP contribution in [0.1, 0.15) is 11.1 Å². The van der Waals surface area contributed by atoms with E-state index in [2.05, 4.69) is 15.0 Å². The SMILES string of the molecule is O=C(Oc1ccc(CCSc2ncc[nH]2)cc1)N1CCN(c2ccc(C(F)(F)F)cn2)CC1. The van der Waals surface area contributed by atoms with E-state index in [9.17, 15) is 18.0 Å². The molecule has 0 saturated carbocycles. The lowest BCUT2D eigenvalue weighted by Crippen LogP contribution is -2.49. The maximum atomic E-state index is 12.7. The van der Waals surface area contributed by atoms with Crippen molar-refractivity contribution < 1.29 is 22.7 Å². The highest BCUT2D eigenvalue weighted by molar-refractivity contribution is 7.99. The number of pyridine rings is 1. The van der Waals surface area contributed by atoms with Gasteiger partial charge in [-0.1, -0.05) is 23.9 Å². The summed E-state index contributed by atoms with van der Waals surface area (Å²) in [5.74, 6) is 1.80. The van der Waals surface area contributed by atoms with Gasteiger partial charge in [0.1, 0.15) is 11.6 Å². The molecule has 0 unspecified atom stereocenters. The summed E-state index contributed by atoms with van der Waals surface area (Å²) in [7, 11) is 0. The minimum absolute atomic E-state index is 0.392. The number of aromatic nitrogens is 3. The molecule has 0 spiro atoms. The Morgan fingerprint density at radius 1 is 1.06 bits per heavy atom. The molecule has 2 aromatic heterocycles. The van der Waals surface area contributed by atoms with Gasteiger partial charge >= 0.3 is 12.3 Å². The molecule has 0 radical (unpaired) electrons. The van der Waals surface area contributed by atoms with Crippen LogP contribution in [-0.2, 0) is 12.6 Å². The molecule has 0 aliphatic carbocycles. The van der Waals surface area contributed by atoms with Gasteiger partial charge in [0.05, 0.1) is 5.56 Å². The molecule has 3 heterocycles. The lowest BCUT2D eigenvalue weighted by molar-refractivity contribution is -0.137. The molecule has 7 nitrogen and oxygen atoms in total. The monoisotopic (exact) mass is 477 g/mol. The second kappa shape index (κ2) is 10.2. The van der Waals surface area contributed by atoms with Gasteiger partial charge in [0.2, 0.25) is 0 Å². The highest BCUT2D eigenvalue weighted by Crippen LogP contribution is 2.29. The van der Waals surface area contributed by atoms with E-state index in [-0.39, 0.29) is 0 Å². The van der Waals surface area contributed by atoms with Gasteiger partial charge in [0.25, 0.3) is 0 Å². The zero-order valence-corrected chi connectivity index (χ0v) is 18.4. The van der Waals surface area contributed by atoms with Gasteiger partial charge in [-0.05, 0) is 36.2 Å². The highest BCUT2D eigenvalue weighted by Gasteiger charge is 2.31. The van der Waals surface area contributed by atoms with Crippen molar-refractivity contribution in [1.29, 1.82) is 0 Å². The molecule has 1 amide bonds. The van der Waals surface area contributed by atoms with Crippen LogP contribution < -0.4 is 9.64 Å². The quantitative estimate of drug-likeness (QED) is 0.528. The first-order valence-corrected chi connectivity index (χ1v) is 11.3. The van der Waals surface area contributed by atoms with E-state index in [0.29, 0.717) is 37.7 Å². The maximum absolute atomic E-state index is 12.7. The number of nitrogens with zero attached hydrogens (tertiary/aromatic N) is 4. The van der Waals surface area contributed by atoms with Gasteiger partial charge in [0.15, 0.2) is 5.16 Å². The summed E-state index contributed by atoms with van der Waals surface area (Å²) in [6, 6.07) is 9.77. The number of halogens is 3. The fourth-order valence-corrected chi connectivity index (χ4v) is 4.16. The molecule has 1 saturated heterocycles. The second-order valence-corrected chi connectivity index (χ2v) is 8.47. The number of amides is 1. The number of aryl methyl sites for hydroxylation is 1. The predicted octanol–water partition coefficient (Wildman–Crippen LogP) is 4.48. The summed E-state index contributed by atoms with van der Waals surface area (Å²) in [5.41, 5.74) is 0.349. The fourth-order valence-electron chi connectivity index (χ4n) is 3.34. The third-order valence-electron chi connectivity index (χ3n) is 5.17. The first-order valence-electron chi connectivity index (χ1n) is 10.3. The number of benzene rings is 1. The highest BCUT2D eigenvalue weighted by atomic mass is 32.2. The normalized spacial score (nSPS) is 14.4. The molecule has 11 heteroatoms. The number of carbonyl (C=O) groups is 1. The summed E-state index contributed by atoms with van der Waals surface area (Å²) in [6.07, 6.45) is 0.338. The lowest BCUT2D eigenvalue weighted by atomic mass is 10.2. The molecule has 4 rings (SSSR count). The fraction of sp³-hybridized carbons (Fsp3) is 0.318. The molecule has 1 aromatic carbocycles. The van der Waals surface area contributed by atoms with Gasteiger partial charge in [-0.25, -0.2) is 14.8 Å². The van der Waals surface area contributed by atoms with E-state index in [4.69, 9.17) is 4.74 Å². The van der Waals surface area contributed by atoms with E-state index in [1.807, 2.05) is 17.0 Å². The minimum atomic E-state index is -4.41. The molecular formula is C22H22F3N5O2S. The molecule has 1 fully saturated rings. The van der Waals surface area contributed by atoms with Crippen LogP contribution >= 0.6 is 11.8 Å². The summed E-state index contributed by atoms with van der Waals surface area (Å²) in [5, 5.41) is 0.884. The number of alkyl halides is 3. The number of aromatic amines is 1. The Morgan fingerprint density at radius 3 is 2.42 bits per heavy atom. The summed E-state index contributed by atoms with van der Waals surface area (Å²) < 4.78 is 43.6. The van der Waals surface area contributed by atoms with Crippen LogP contribution in [0.15, 0.2) is 60.1 Å². The minimum Gasteiger partial charge on any atom is -0.410 e. The number of nitrogens with one attached hydrogen (secondary N) is 1. The van der Waals surface area contributed by atoms with E-state index in [1.54, 1.807) is 41.2 Å². The van der Waals surface area contributed by atoms with Gasteiger partial charge in [-0.2, -0.15) is 13.2 Å². The zero-order valence-electron chi connectivity index (χ0n) is 17.6. The van der Waals surface area contributed by atoms with Crippen LogP contribution in [0.25, 0.3) is 0 Å². The number of hydrogen-bond donors (Lipinski definition) is 1.